The van der Waals surface area contributed by atoms with Crippen molar-refractivity contribution in [3.63, 3.8) is 0 Å². The minimum Gasteiger partial charge on any atom is -0.271 e. The van der Waals surface area contributed by atoms with Crippen molar-refractivity contribution < 1.29 is 38.4 Å². The van der Waals surface area contributed by atoms with Crippen molar-refractivity contribution in [2.75, 3.05) is 0 Å². The van der Waals surface area contributed by atoms with Crippen LogP contribution in [0.15, 0.2) is 170 Å². The van der Waals surface area contributed by atoms with Gasteiger partial charge in [-0.25, -0.2) is 0 Å². The molecule has 17 aromatic carbocycles. The fourth-order valence-corrected chi connectivity index (χ4v) is 22.2. The molecule has 25 rings (SSSR count). The van der Waals surface area contributed by atoms with Gasteiger partial charge in [-0.3, -0.25) is 58.0 Å². The Labute approximate surface area is 619 Å². The zero-order valence-corrected chi connectivity index (χ0v) is 59.7. The van der Waals surface area contributed by atoms with Gasteiger partial charge >= 0.3 is 0 Å². The van der Waals surface area contributed by atoms with Gasteiger partial charge in [0.25, 0.3) is 47.3 Å². The summed E-state index contributed by atoms with van der Waals surface area (Å²) in [6, 6.07) is 58.0. The number of hydrogen-bond acceptors (Lipinski definition) is 8. The molecule has 0 spiro atoms. The van der Waals surface area contributed by atoms with Gasteiger partial charge in [0.15, 0.2) is 0 Å². The fourth-order valence-electron chi connectivity index (χ4n) is 22.2. The molecule has 108 heavy (non-hydrogen) atoms. The van der Waals surface area contributed by atoms with E-state index < -0.39 is 0 Å². The van der Waals surface area contributed by atoms with Gasteiger partial charge in [-0.2, -0.15) is 0 Å². The third-order valence-corrected chi connectivity index (χ3v) is 27.0. The first kappa shape index (κ1) is 62.4. The van der Waals surface area contributed by atoms with Crippen molar-refractivity contribution >= 4 is 198 Å². The third kappa shape index (κ3) is 8.30. The molecule has 0 N–H and O–H groups in total. The van der Waals surface area contributed by atoms with Crippen LogP contribution in [0.5, 0.6) is 0 Å². The van der Waals surface area contributed by atoms with Gasteiger partial charge in [-0.1, -0.05) is 198 Å². The lowest BCUT2D eigenvalue weighted by atomic mass is 9.81. The Kier molecular flexibility index (Phi) is 13.2. The first-order chi connectivity index (χ1) is 53.0. The van der Waals surface area contributed by atoms with Gasteiger partial charge in [0, 0.05) is 90.2 Å². The topological polar surface area (TPSA) is 150 Å². The first-order valence-electron chi connectivity index (χ1n) is 39.5. The average Bonchev–Trinajstić information content (AvgIpc) is 0.699. The summed E-state index contributed by atoms with van der Waals surface area (Å²) in [7, 11) is 0. The second kappa shape index (κ2) is 22.9. The maximum absolute atomic E-state index is 13.9. The summed E-state index contributed by atoms with van der Waals surface area (Å²) in [5.74, 6) is -1.57. The smallest absolute Gasteiger partial charge is 0.261 e. The Morgan fingerprint density at radius 2 is 0.296 bits per heavy atom. The Morgan fingerprint density at radius 1 is 0.157 bits per heavy atom. The largest absolute Gasteiger partial charge is 0.271 e. The first-order valence-corrected chi connectivity index (χ1v) is 39.5. The molecule has 8 aliphatic rings. The summed E-state index contributed by atoms with van der Waals surface area (Å²) in [4.78, 5) is 117. The zero-order chi connectivity index (χ0) is 72.0. The Balaban J connectivity index is 0.000000101. The molecular formula is C96H72N4O8. The van der Waals surface area contributed by atoms with Crippen molar-refractivity contribution in [2.45, 2.75) is 153 Å². The summed E-state index contributed by atoms with van der Waals surface area (Å²) in [6.45, 7) is 0. The number of benzene rings is 17. The monoisotopic (exact) mass is 1410 g/mol. The number of nitrogens with zero attached hydrogens (tertiary/aromatic N) is 4. The second-order valence-electron chi connectivity index (χ2n) is 32.4. The highest BCUT2D eigenvalue weighted by molar-refractivity contribution is 6.46. The zero-order valence-electron chi connectivity index (χ0n) is 59.7. The normalized spacial score (nSPS) is 18.7. The summed E-state index contributed by atoms with van der Waals surface area (Å²) in [5.41, 5.74) is 4.65. The van der Waals surface area contributed by atoms with Gasteiger partial charge in [-0.15, -0.1) is 0 Å². The van der Waals surface area contributed by atoms with Crippen LogP contribution in [0.4, 0.5) is 0 Å². The molecule has 4 aliphatic heterocycles. The van der Waals surface area contributed by atoms with E-state index in [1.54, 1.807) is 0 Å². The summed E-state index contributed by atoms with van der Waals surface area (Å²) in [6.07, 6.45) is 19.8. The van der Waals surface area contributed by atoms with Crippen LogP contribution < -0.4 is 0 Å². The molecule has 4 fully saturated rings. The van der Waals surface area contributed by atoms with E-state index in [-0.39, 0.29) is 71.4 Å². The van der Waals surface area contributed by atoms with Crippen molar-refractivity contribution in [3.8, 4) is 0 Å². The molecule has 12 heteroatoms. The average molecular weight is 1410 g/mol. The van der Waals surface area contributed by atoms with E-state index in [1.807, 2.05) is 97.1 Å². The molecule has 0 bridgehead atoms. The predicted octanol–water partition coefficient (Wildman–Crippen LogP) is 22.1. The van der Waals surface area contributed by atoms with E-state index in [4.69, 9.17) is 0 Å². The predicted molar refractivity (Wildman–Crippen MR) is 430 cm³/mol. The van der Waals surface area contributed by atoms with Gasteiger partial charge in [-0.05, 0) is 229 Å². The highest BCUT2D eigenvalue weighted by Crippen LogP contribution is 2.53. The molecular weight excluding hydrogens is 1340 g/mol. The van der Waals surface area contributed by atoms with Crippen molar-refractivity contribution in [1.29, 1.82) is 0 Å². The molecule has 12 nitrogen and oxygen atoms in total. The Morgan fingerprint density at radius 3 is 0.435 bits per heavy atom. The van der Waals surface area contributed by atoms with E-state index in [1.165, 1.54) is 84.2 Å². The van der Waals surface area contributed by atoms with Crippen LogP contribution in [0, 0.1) is 0 Å². The Bertz CT molecular complexity index is 5720. The van der Waals surface area contributed by atoms with E-state index in [0.717, 1.165) is 215 Å². The van der Waals surface area contributed by atoms with Crippen LogP contribution >= 0.6 is 0 Å². The van der Waals surface area contributed by atoms with Gasteiger partial charge in [0.1, 0.15) is 0 Å². The molecule has 4 aliphatic carbocycles. The highest BCUT2D eigenvalue weighted by atomic mass is 16.2. The van der Waals surface area contributed by atoms with Crippen LogP contribution in [0.2, 0.25) is 0 Å². The number of imide groups is 4. The van der Waals surface area contributed by atoms with Crippen LogP contribution in [0.1, 0.15) is 211 Å². The molecule has 17 aromatic rings. The number of rotatable bonds is 4. The summed E-state index contributed by atoms with van der Waals surface area (Å²) >= 11 is 0. The van der Waals surface area contributed by atoms with E-state index >= 15 is 0 Å². The lowest BCUT2D eigenvalue weighted by Gasteiger charge is -2.37. The van der Waals surface area contributed by atoms with Crippen LogP contribution in [0.3, 0.4) is 0 Å². The van der Waals surface area contributed by atoms with Gasteiger partial charge in [0.2, 0.25) is 0 Å². The van der Waals surface area contributed by atoms with E-state index in [2.05, 4.69) is 72.8 Å². The third-order valence-electron chi connectivity index (χ3n) is 27.0. The lowest BCUT2D eigenvalue weighted by Crippen LogP contribution is -2.47. The molecule has 8 amide bonds. The summed E-state index contributed by atoms with van der Waals surface area (Å²) in [5, 5.41) is 30.7. The molecule has 0 unspecified atom stereocenters. The van der Waals surface area contributed by atoms with Gasteiger partial charge < -0.3 is 0 Å². The minimum absolute atomic E-state index is 0.0469. The van der Waals surface area contributed by atoms with Crippen molar-refractivity contribution in [2.24, 2.45) is 0 Å². The quantitative estimate of drug-likeness (QED) is 0.0960. The van der Waals surface area contributed by atoms with Crippen LogP contribution in [0.25, 0.3) is 151 Å². The molecule has 4 heterocycles. The molecule has 0 saturated heterocycles. The van der Waals surface area contributed by atoms with Crippen molar-refractivity contribution in [1.82, 2.24) is 19.6 Å². The molecule has 0 radical (unpaired) electrons. The van der Waals surface area contributed by atoms with Gasteiger partial charge in [0.05, 0.1) is 0 Å². The number of carbonyl (C=O) groups is 8. The standard InChI is InChI=1S/2C36H30N2O4.C24H12/c2*39-33-25-15-11-21-23-13-17-27-32-28(36(42)38(35(27)41)20-9-5-2-6-10-20)18-14-24(30(23)32)22-12-16-26(31(25)29(21)22)34(40)37(33)19-7-3-1-4-8-19;1-2-14-5-6-16-9-11-18-12-10-17-8-7-15-4-3-13(1)19-20(14)22(16)24(18)23(17)21(15)19/h2*11-20H,1-10H2;1-12H. The molecule has 524 valence electrons. The number of amides is 8. The second-order valence-corrected chi connectivity index (χ2v) is 32.4. The molecule has 0 aromatic heterocycles. The lowest BCUT2D eigenvalue weighted by molar-refractivity contribution is 0.0487. The van der Waals surface area contributed by atoms with E-state index in [9.17, 15) is 38.4 Å². The summed E-state index contributed by atoms with van der Waals surface area (Å²) < 4.78 is 0. The maximum Gasteiger partial charge on any atom is 0.261 e. The molecule has 0 atom stereocenters. The number of carbonyl (C=O) groups excluding carboxylic acids is 8. The Hall–Kier alpha value is -11.8. The van der Waals surface area contributed by atoms with Crippen LogP contribution in [-0.4, -0.2) is 91.0 Å². The fraction of sp³-hybridized carbons (Fsp3) is 0.250. The van der Waals surface area contributed by atoms with Crippen molar-refractivity contribution in [3.05, 3.63) is 214 Å². The SMILES string of the molecule is O=C1c2ccc3c4ccc5c6c(ccc(c7ccc(c2c37)C(=O)N1C1CCCCC1)c64)C(=O)N(C1CCCCC1)C5=O.O=C1c2ccc3c4ccc5c6c(ccc(c7ccc(c2c37)C(=O)N1C1CCCCC1)c64)C(=O)N(C1CCCCC1)C5=O.c1cc2ccc3ccc4ccc5ccc6ccc1c1c2c3c4c5c61. The minimum atomic E-state index is -0.196. The maximum atomic E-state index is 13.9. The highest BCUT2D eigenvalue weighted by Gasteiger charge is 2.45. The van der Waals surface area contributed by atoms with Crippen LogP contribution in [-0.2, 0) is 0 Å². The number of fused-ring (bicyclic) bond motifs is 4. The van der Waals surface area contributed by atoms with E-state index in [0.29, 0.717) is 44.5 Å². The molecule has 4 saturated carbocycles. The number of hydrogen-bond donors (Lipinski definition) is 0.